The minimum atomic E-state index is -2.89. The number of alkyl halides is 2. The number of nitrogens with one attached hydrogen (secondary N) is 1. The standard InChI is InChI=1S/C17H16F2N2O2/c1-11-6-3-4-9-15(11)16(22)21-20-12(2)13-7-5-8-14(10-13)23-17(18)19/h3-10,17H,1-2H3,(H,21,22)/b20-12-. The second-order valence-electron chi connectivity index (χ2n) is 4.86. The van der Waals surface area contributed by atoms with Crippen molar-refractivity contribution in [3.8, 4) is 5.75 Å². The van der Waals surface area contributed by atoms with Crippen LogP contribution in [0.1, 0.15) is 28.4 Å². The monoisotopic (exact) mass is 318 g/mol. The number of hydrogen-bond donors (Lipinski definition) is 1. The van der Waals surface area contributed by atoms with Crippen molar-refractivity contribution in [2.45, 2.75) is 20.5 Å². The maximum atomic E-state index is 12.2. The molecule has 0 aliphatic heterocycles. The van der Waals surface area contributed by atoms with Crippen molar-refractivity contribution in [3.05, 3.63) is 65.2 Å². The number of rotatable bonds is 5. The summed E-state index contributed by atoms with van der Waals surface area (Å²) in [5.74, 6) is -0.292. The van der Waals surface area contributed by atoms with Gasteiger partial charge in [-0.3, -0.25) is 4.79 Å². The van der Waals surface area contributed by atoms with Crippen LogP contribution in [0.3, 0.4) is 0 Å². The Morgan fingerprint density at radius 3 is 2.61 bits per heavy atom. The molecule has 4 nitrogen and oxygen atoms in total. The smallest absolute Gasteiger partial charge is 0.387 e. The molecule has 2 aromatic rings. The minimum Gasteiger partial charge on any atom is -0.435 e. The normalized spacial score (nSPS) is 11.4. The van der Waals surface area contributed by atoms with Gasteiger partial charge in [0.05, 0.1) is 5.71 Å². The molecular formula is C17H16F2N2O2. The van der Waals surface area contributed by atoms with E-state index in [1.807, 2.05) is 19.1 Å². The summed E-state index contributed by atoms with van der Waals surface area (Å²) in [6.45, 7) is 0.610. The Balaban J connectivity index is 2.11. The average Bonchev–Trinajstić information content (AvgIpc) is 2.52. The first-order chi connectivity index (χ1) is 11.0. The van der Waals surface area contributed by atoms with E-state index in [4.69, 9.17) is 0 Å². The number of benzene rings is 2. The molecule has 120 valence electrons. The molecule has 0 atom stereocenters. The summed E-state index contributed by atoms with van der Waals surface area (Å²) in [7, 11) is 0. The number of carbonyl (C=O) groups is 1. The number of ether oxygens (including phenoxy) is 1. The van der Waals surface area contributed by atoms with Crippen LogP contribution in [0.4, 0.5) is 8.78 Å². The lowest BCUT2D eigenvalue weighted by Gasteiger charge is -2.07. The Hall–Kier alpha value is -2.76. The molecule has 0 saturated carbocycles. The summed E-state index contributed by atoms with van der Waals surface area (Å²) >= 11 is 0. The predicted octanol–water partition coefficient (Wildman–Crippen LogP) is 3.75. The maximum Gasteiger partial charge on any atom is 0.387 e. The maximum absolute atomic E-state index is 12.2. The van der Waals surface area contributed by atoms with Crippen LogP contribution in [0.15, 0.2) is 53.6 Å². The molecule has 0 aliphatic carbocycles. The summed E-state index contributed by atoms with van der Waals surface area (Å²) < 4.78 is 28.8. The molecule has 1 N–H and O–H groups in total. The van der Waals surface area contributed by atoms with Crippen molar-refractivity contribution in [2.75, 3.05) is 0 Å². The molecule has 0 radical (unpaired) electrons. The molecule has 2 rings (SSSR count). The van der Waals surface area contributed by atoms with Crippen LogP contribution in [-0.4, -0.2) is 18.2 Å². The molecule has 0 fully saturated rings. The minimum absolute atomic E-state index is 0.0391. The van der Waals surface area contributed by atoms with Crippen LogP contribution in [-0.2, 0) is 0 Å². The molecule has 23 heavy (non-hydrogen) atoms. The molecule has 0 heterocycles. The Bertz CT molecular complexity index is 730. The van der Waals surface area contributed by atoms with Crippen molar-refractivity contribution >= 4 is 11.6 Å². The first kappa shape index (κ1) is 16.6. The Kier molecular flexibility index (Phi) is 5.41. The van der Waals surface area contributed by atoms with E-state index in [1.165, 1.54) is 12.1 Å². The third-order valence-corrected chi connectivity index (χ3v) is 3.19. The van der Waals surface area contributed by atoms with Crippen LogP contribution >= 0.6 is 0 Å². The van der Waals surface area contributed by atoms with Gasteiger partial charge in [-0.05, 0) is 37.6 Å². The third-order valence-electron chi connectivity index (χ3n) is 3.19. The van der Waals surface area contributed by atoms with Gasteiger partial charge < -0.3 is 4.74 Å². The summed E-state index contributed by atoms with van der Waals surface area (Å²) in [6.07, 6.45) is 0. The van der Waals surface area contributed by atoms with Gasteiger partial charge in [-0.1, -0.05) is 30.3 Å². The quantitative estimate of drug-likeness (QED) is 0.674. The van der Waals surface area contributed by atoms with Crippen molar-refractivity contribution in [1.29, 1.82) is 0 Å². The second kappa shape index (κ2) is 7.49. The molecule has 6 heteroatoms. The van der Waals surface area contributed by atoms with Crippen molar-refractivity contribution < 1.29 is 18.3 Å². The van der Waals surface area contributed by atoms with Gasteiger partial charge in [-0.15, -0.1) is 0 Å². The fourth-order valence-corrected chi connectivity index (χ4v) is 1.98. The van der Waals surface area contributed by atoms with Gasteiger partial charge in [-0.25, -0.2) is 5.43 Å². The summed E-state index contributed by atoms with van der Waals surface area (Å²) in [4.78, 5) is 12.1. The number of carbonyl (C=O) groups excluding carboxylic acids is 1. The lowest BCUT2D eigenvalue weighted by Crippen LogP contribution is -2.20. The number of halogens is 2. The zero-order valence-corrected chi connectivity index (χ0v) is 12.7. The van der Waals surface area contributed by atoms with Gasteiger partial charge in [0.15, 0.2) is 0 Å². The fraction of sp³-hybridized carbons (Fsp3) is 0.176. The molecule has 0 saturated heterocycles. The second-order valence-corrected chi connectivity index (χ2v) is 4.86. The van der Waals surface area contributed by atoms with Crippen molar-refractivity contribution in [1.82, 2.24) is 5.43 Å². The molecular weight excluding hydrogens is 302 g/mol. The van der Waals surface area contributed by atoms with E-state index in [2.05, 4.69) is 15.3 Å². The van der Waals surface area contributed by atoms with Gasteiger partial charge >= 0.3 is 6.61 Å². The SMILES string of the molecule is C/C(=N/NC(=O)c1ccccc1C)c1cccc(OC(F)F)c1. The molecule has 0 bridgehead atoms. The summed E-state index contributed by atoms with van der Waals surface area (Å²) in [5.41, 5.74) is 4.88. The Morgan fingerprint density at radius 1 is 1.17 bits per heavy atom. The molecule has 2 aromatic carbocycles. The van der Waals surface area contributed by atoms with E-state index >= 15 is 0 Å². The summed E-state index contributed by atoms with van der Waals surface area (Å²) in [5, 5.41) is 4.01. The summed E-state index contributed by atoms with van der Waals surface area (Å²) in [6, 6.07) is 13.3. The average molecular weight is 318 g/mol. The molecule has 0 aliphatic rings. The van der Waals surface area contributed by atoms with Gasteiger partial charge in [-0.2, -0.15) is 13.9 Å². The molecule has 1 amide bonds. The van der Waals surface area contributed by atoms with Crippen LogP contribution < -0.4 is 10.2 Å². The van der Waals surface area contributed by atoms with Gasteiger partial charge in [0, 0.05) is 11.1 Å². The highest BCUT2D eigenvalue weighted by atomic mass is 19.3. The Labute approximate surface area is 132 Å². The fourth-order valence-electron chi connectivity index (χ4n) is 1.98. The lowest BCUT2D eigenvalue weighted by atomic mass is 10.1. The van der Waals surface area contributed by atoms with Gasteiger partial charge in [0.25, 0.3) is 5.91 Å². The zero-order chi connectivity index (χ0) is 16.8. The highest BCUT2D eigenvalue weighted by molar-refractivity contribution is 6.01. The van der Waals surface area contributed by atoms with Crippen molar-refractivity contribution in [2.24, 2.45) is 5.10 Å². The molecule has 0 unspecified atom stereocenters. The zero-order valence-electron chi connectivity index (χ0n) is 12.7. The van der Waals surface area contributed by atoms with Gasteiger partial charge in [0.1, 0.15) is 5.75 Å². The van der Waals surface area contributed by atoms with E-state index in [1.54, 1.807) is 31.2 Å². The number of aryl methyl sites for hydroxylation is 1. The largest absolute Gasteiger partial charge is 0.435 e. The van der Waals surface area contributed by atoms with E-state index < -0.39 is 6.61 Å². The number of amides is 1. The van der Waals surface area contributed by atoms with E-state index in [9.17, 15) is 13.6 Å². The predicted molar refractivity (Wildman–Crippen MR) is 83.9 cm³/mol. The Morgan fingerprint density at radius 2 is 1.91 bits per heavy atom. The van der Waals surface area contributed by atoms with E-state index in [0.717, 1.165) is 5.56 Å². The number of nitrogens with zero attached hydrogens (tertiary/aromatic N) is 1. The number of hydrogen-bond acceptors (Lipinski definition) is 3. The molecule has 0 aromatic heterocycles. The van der Waals surface area contributed by atoms with Crippen molar-refractivity contribution in [3.63, 3.8) is 0 Å². The molecule has 0 spiro atoms. The van der Waals surface area contributed by atoms with Crippen LogP contribution in [0.2, 0.25) is 0 Å². The lowest BCUT2D eigenvalue weighted by molar-refractivity contribution is -0.0498. The van der Waals surface area contributed by atoms with Gasteiger partial charge in [0.2, 0.25) is 0 Å². The highest BCUT2D eigenvalue weighted by Crippen LogP contribution is 2.16. The highest BCUT2D eigenvalue weighted by Gasteiger charge is 2.08. The topological polar surface area (TPSA) is 50.7 Å². The van der Waals surface area contributed by atoms with E-state index in [0.29, 0.717) is 16.8 Å². The first-order valence-electron chi connectivity index (χ1n) is 6.93. The third kappa shape index (κ3) is 4.60. The first-order valence-corrected chi connectivity index (χ1v) is 6.93. The number of hydrazone groups is 1. The van der Waals surface area contributed by atoms with Crippen LogP contribution in [0, 0.1) is 6.92 Å². The van der Waals surface area contributed by atoms with Crippen LogP contribution in [0.5, 0.6) is 5.75 Å². The van der Waals surface area contributed by atoms with Crippen LogP contribution in [0.25, 0.3) is 0 Å². The van der Waals surface area contributed by atoms with E-state index in [-0.39, 0.29) is 11.7 Å².